The van der Waals surface area contributed by atoms with E-state index < -0.39 is 0 Å². The Bertz CT molecular complexity index is 437. The molecule has 0 bridgehead atoms. The molecule has 1 amide bonds. The van der Waals surface area contributed by atoms with E-state index in [0.717, 1.165) is 29.9 Å². The van der Waals surface area contributed by atoms with E-state index in [1.54, 1.807) is 0 Å². The normalized spacial score (nSPS) is 22.0. The van der Waals surface area contributed by atoms with Gasteiger partial charge >= 0.3 is 0 Å². The third-order valence-electron chi connectivity index (χ3n) is 3.19. The number of carbonyl (C=O) groups excluding carboxylic acids is 1. The Morgan fingerprint density at radius 3 is 3.00 bits per heavy atom. The first kappa shape index (κ1) is 12.5. The van der Waals surface area contributed by atoms with Crippen LogP contribution in [0.15, 0.2) is 10.5 Å². The lowest BCUT2D eigenvalue weighted by molar-refractivity contribution is -0.119. The van der Waals surface area contributed by atoms with Gasteiger partial charge in [-0.15, -0.1) is 11.6 Å². The van der Waals surface area contributed by atoms with Gasteiger partial charge < -0.3 is 9.73 Å². The van der Waals surface area contributed by atoms with Crippen LogP contribution in [0.1, 0.15) is 43.4 Å². The monoisotopic (exact) mass is 255 g/mol. The van der Waals surface area contributed by atoms with E-state index in [9.17, 15) is 4.79 Å². The van der Waals surface area contributed by atoms with Crippen LogP contribution in [-0.2, 0) is 11.2 Å². The van der Waals surface area contributed by atoms with Gasteiger partial charge in [-0.25, -0.2) is 0 Å². The highest BCUT2D eigenvalue weighted by atomic mass is 35.5. The number of carbonyl (C=O) groups is 1. The van der Waals surface area contributed by atoms with Crippen LogP contribution in [-0.4, -0.2) is 11.8 Å². The summed E-state index contributed by atoms with van der Waals surface area (Å²) >= 11 is 5.54. The van der Waals surface area contributed by atoms with Crippen molar-refractivity contribution >= 4 is 17.5 Å². The summed E-state index contributed by atoms with van der Waals surface area (Å²) in [6.07, 6.45) is 1.84. The van der Waals surface area contributed by atoms with Gasteiger partial charge in [0.05, 0.1) is 6.04 Å². The van der Waals surface area contributed by atoms with Gasteiger partial charge in [-0.3, -0.25) is 4.79 Å². The molecule has 1 N–H and O–H groups in total. The number of nitrogens with one attached hydrogen (secondary N) is 1. The highest BCUT2D eigenvalue weighted by Gasteiger charge is 2.35. The number of alkyl halides is 1. The van der Waals surface area contributed by atoms with Crippen LogP contribution < -0.4 is 5.32 Å². The fourth-order valence-corrected chi connectivity index (χ4v) is 2.62. The standard InChI is InChI=1S/C13H18ClNO2/c1-8-4-9-10(15-12(16)7-14)5-13(2,3)6-11(9)17-8/h4,10H,5-7H2,1-3H3,(H,15,16). The van der Waals surface area contributed by atoms with Gasteiger partial charge in [0.1, 0.15) is 17.4 Å². The molecular weight excluding hydrogens is 238 g/mol. The molecule has 0 saturated carbocycles. The van der Waals surface area contributed by atoms with Crippen LogP contribution in [0.5, 0.6) is 0 Å². The maximum atomic E-state index is 11.4. The van der Waals surface area contributed by atoms with E-state index in [1.165, 1.54) is 0 Å². The molecular formula is C13H18ClNO2. The molecule has 0 aromatic carbocycles. The summed E-state index contributed by atoms with van der Waals surface area (Å²) in [5, 5.41) is 2.96. The zero-order valence-corrected chi connectivity index (χ0v) is 11.2. The number of hydrogen-bond donors (Lipinski definition) is 1. The maximum Gasteiger partial charge on any atom is 0.235 e. The first-order valence-corrected chi connectivity index (χ1v) is 6.39. The number of amides is 1. The molecule has 94 valence electrons. The van der Waals surface area contributed by atoms with Crippen LogP contribution in [0.2, 0.25) is 0 Å². The minimum atomic E-state index is -0.126. The second kappa shape index (κ2) is 4.37. The number of halogens is 1. The van der Waals surface area contributed by atoms with Gasteiger partial charge in [0.25, 0.3) is 0 Å². The molecule has 3 nitrogen and oxygen atoms in total. The molecule has 1 aromatic rings. The van der Waals surface area contributed by atoms with E-state index in [0.29, 0.717) is 0 Å². The topological polar surface area (TPSA) is 42.2 Å². The van der Waals surface area contributed by atoms with Crippen molar-refractivity contribution in [1.82, 2.24) is 5.32 Å². The summed E-state index contributed by atoms with van der Waals surface area (Å²) in [6.45, 7) is 6.31. The van der Waals surface area contributed by atoms with E-state index in [4.69, 9.17) is 16.0 Å². The number of furan rings is 1. The molecule has 0 fully saturated rings. The van der Waals surface area contributed by atoms with Crippen LogP contribution in [0.4, 0.5) is 0 Å². The van der Waals surface area contributed by atoms with Crippen molar-refractivity contribution in [3.8, 4) is 0 Å². The first-order chi connectivity index (χ1) is 7.91. The minimum Gasteiger partial charge on any atom is -0.466 e. The number of aryl methyl sites for hydroxylation is 1. The molecule has 1 unspecified atom stereocenters. The van der Waals surface area contributed by atoms with Crippen molar-refractivity contribution in [3.05, 3.63) is 23.2 Å². The van der Waals surface area contributed by atoms with Crippen LogP contribution in [0.3, 0.4) is 0 Å². The fourth-order valence-electron chi connectivity index (χ4n) is 2.55. The fraction of sp³-hybridized carbons (Fsp3) is 0.615. The predicted octanol–water partition coefficient (Wildman–Crippen LogP) is 2.96. The average Bonchev–Trinajstić information content (AvgIpc) is 2.56. The molecule has 2 rings (SSSR count). The van der Waals surface area contributed by atoms with Gasteiger partial charge in [-0.2, -0.15) is 0 Å². The molecule has 0 saturated heterocycles. The Labute approximate surface area is 107 Å². The summed E-state index contributed by atoms with van der Waals surface area (Å²) in [6, 6.07) is 2.04. The van der Waals surface area contributed by atoms with Gasteiger partial charge in [0.15, 0.2) is 0 Å². The van der Waals surface area contributed by atoms with Crippen molar-refractivity contribution in [2.75, 3.05) is 5.88 Å². The largest absolute Gasteiger partial charge is 0.466 e. The number of rotatable bonds is 2. The lowest BCUT2D eigenvalue weighted by Gasteiger charge is -2.34. The molecule has 17 heavy (non-hydrogen) atoms. The summed E-state index contributed by atoms with van der Waals surface area (Å²) < 4.78 is 5.70. The minimum absolute atomic E-state index is 0.00307. The molecule has 1 aliphatic carbocycles. The molecule has 0 spiro atoms. The first-order valence-electron chi connectivity index (χ1n) is 5.86. The lowest BCUT2D eigenvalue weighted by atomic mass is 9.75. The Balaban J connectivity index is 2.29. The molecule has 0 radical (unpaired) electrons. The van der Waals surface area contributed by atoms with Crippen molar-refractivity contribution < 1.29 is 9.21 Å². The smallest absolute Gasteiger partial charge is 0.235 e. The van der Waals surface area contributed by atoms with Crippen LogP contribution in [0, 0.1) is 12.3 Å². The summed E-state index contributed by atoms with van der Waals surface area (Å²) in [5.74, 6) is 1.78. The summed E-state index contributed by atoms with van der Waals surface area (Å²) in [4.78, 5) is 11.4. The highest BCUT2D eigenvalue weighted by molar-refractivity contribution is 6.27. The molecule has 1 aliphatic rings. The Morgan fingerprint density at radius 1 is 1.65 bits per heavy atom. The molecule has 1 atom stereocenters. The van der Waals surface area contributed by atoms with Crippen molar-refractivity contribution in [2.24, 2.45) is 5.41 Å². The zero-order valence-electron chi connectivity index (χ0n) is 10.5. The Hall–Kier alpha value is -0.960. The van der Waals surface area contributed by atoms with E-state index in [1.807, 2.05) is 13.0 Å². The van der Waals surface area contributed by atoms with Crippen LogP contribution >= 0.6 is 11.6 Å². The van der Waals surface area contributed by atoms with Crippen LogP contribution in [0.25, 0.3) is 0 Å². The third kappa shape index (κ3) is 2.65. The Kier molecular flexibility index (Phi) is 3.21. The second-order valence-corrected chi connectivity index (χ2v) is 5.80. The van der Waals surface area contributed by atoms with E-state index in [2.05, 4.69) is 19.2 Å². The third-order valence-corrected chi connectivity index (χ3v) is 3.44. The lowest BCUT2D eigenvalue weighted by Crippen LogP contribution is -2.36. The summed E-state index contributed by atoms with van der Waals surface area (Å²) in [5.41, 5.74) is 1.25. The van der Waals surface area contributed by atoms with Crippen molar-refractivity contribution in [2.45, 2.75) is 39.7 Å². The molecule has 0 aliphatic heterocycles. The SMILES string of the molecule is Cc1cc2c(o1)CC(C)(C)CC2NC(=O)CCl. The molecule has 1 heterocycles. The zero-order chi connectivity index (χ0) is 12.6. The maximum absolute atomic E-state index is 11.4. The van der Waals surface area contributed by atoms with Crippen molar-refractivity contribution in [3.63, 3.8) is 0 Å². The van der Waals surface area contributed by atoms with E-state index >= 15 is 0 Å². The molecule has 4 heteroatoms. The van der Waals surface area contributed by atoms with E-state index in [-0.39, 0.29) is 23.2 Å². The van der Waals surface area contributed by atoms with Gasteiger partial charge in [0, 0.05) is 12.0 Å². The van der Waals surface area contributed by atoms with Crippen molar-refractivity contribution in [1.29, 1.82) is 0 Å². The highest BCUT2D eigenvalue weighted by Crippen LogP contribution is 2.41. The number of fused-ring (bicyclic) bond motifs is 1. The molecule has 1 aromatic heterocycles. The Morgan fingerprint density at radius 2 is 2.35 bits per heavy atom. The van der Waals surface area contributed by atoms with Gasteiger partial charge in [0.2, 0.25) is 5.91 Å². The summed E-state index contributed by atoms with van der Waals surface area (Å²) in [7, 11) is 0. The average molecular weight is 256 g/mol. The quantitative estimate of drug-likeness (QED) is 0.826. The van der Waals surface area contributed by atoms with Gasteiger partial charge in [-0.05, 0) is 24.8 Å². The predicted molar refractivity (Wildman–Crippen MR) is 67.2 cm³/mol. The number of hydrogen-bond acceptors (Lipinski definition) is 2. The second-order valence-electron chi connectivity index (χ2n) is 5.53. The van der Waals surface area contributed by atoms with Gasteiger partial charge in [-0.1, -0.05) is 13.8 Å².